The first-order valence-corrected chi connectivity index (χ1v) is 5.19. The van der Waals surface area contributed by atoms with Crippen LogP contribution in [0.15, 0.2) is 22.7 Å². The number of hydrogen-bond donors (Lipinski definition) is 1. The lowest BCUT2D eigenvalue weighted by Gasteiger charge is -2.18. The van der Waals surface area contributed by atoms with Gasteiger partial charge in [0.15, 0.2) is 0 Å². The van der Waals surface area contributed by atoms with Gasteiger partial charge in [-0.2, -0.15) is 0 Å². The summed E-state index contributed by atoms with van der Waals surface area (Å²) >= 11 is 3.31. The fraction of sp³-hybridized carbons (Fsp3) is 0.400. The van der Waals surface area contributed by atoms with E-state index >= 15 is 0 Å². The van der Waals surface area contributed by atoms with Crippen molar-refractivity contribution in [1.29, 1.82) is 0 Å². The molecule has 0 saturated heterocycles. The van der Waals surface area contributed by atoms with Gasteiger partial charge in [-0.25, -0.2) is 8.78 Å². The van der Waals surface area contributed by atoms with Gasteiger partial charge in [-0.3, -0.25) is 0 Å². The molecule has 1 aliphatic rings. The maximum Gasteiger partial charge on any atom is 0.253 e. The van der Waals surface area contributed by atoms with E-state index in [0.29, 0.717) is 12.1 Å². The number of fused-ring (bicyclic) bond motifs is 1. The SMILES string of the molecule is CC(F)(F)C1CNc2cc(Br)ccc21. The third-order valence-corrected chi connectivity index (χ3v) is 2.99. The summed E-state index contributed by atoms with van der Waals surface area (Å²) in [7, 11) is 0. The quantitative estimate of drug-likeness (QED) is 0.815. The van der Waals surface area contributed by atoms with Crippen LogP contribution < -0.4 is 5.32 Å². The van der Waals surface area contributed by atoms with Crippen LogP contribution in [0.3, 0.4) is 0 Å². The Kier molecular flexibility index (Phi) is 2.26. The van der Waals surface area contributed by atoms with Crippen molar-refractivity contribution < 1.29 is 8.78 Å². The highest BCUT2D eigenvalue weighted by Crippen LogP contribution is 2.41. The van der Waals surface area contributed by atoms with Gasteiger partial charge >= 0.3 is 0 Å². The van der Waals surface area contributed by atoms with E-state index < -0.39 is 11.8 Å². The Labute approximate surface area is 89.6 Å². The standard InChI is InChI=1S/C10H10BrF2N/c1-10(12,13)8-5-14-9-4-6(11)2-3-7(8)9/h2-4,8,14H,5H2,1H3. The summed E-state index contributed by atoms with van der Waals surface area (Å²) in [6, 6.07) is 5.38. The molecule has 0 spiro atoms. The molecule has 1 aliphatic heterocycles. The first kappa shape index (κ1) is 9.90. The molecule has 4 heteroatoms. The fourth-order valence-corrected chi connectivity index (χ4v) is 2.12. The first-order valence-electron chi connectivity index (χ1n) is 4.39. The van der Waals surface area contributed by atoms with Crippen molar-refractivity contribution in [2.75, 3.05) is 11.9 Å². The molecule has 1 aromatic carbocycles. The zero-order valence-corrected chi connectivity index (χ0v) is 9.24. The van der Waals surface area contributed by atoms with Gasteiger partial charge < -0.3 is 5.32 Å². The van der Waals surface area contributed by atoms with Gasteiger partial charge in [0.1, 0.15) is 0 Å². The summed E-state index contributed by atoms with van der Waals surface area (Å²) in [6.07, 6.45) is 0. The summed E-state index contributed by atoms with van der Waals surface area (Å²) in [5, 5.41) is 2.99. The molecule has 1 nitrogen and oxygen atoms in total. The van der Waals surface area contributed by atoms with E-state index in [4.69, 9.17) is 0 Å². The van der Waals surface area contributed by atoms with Gasteiger partial charge in [0, 0.05) is 23.6 Å². The molecule has 0 radical (unpaired) electrons. The number of anilines is 1. The molecule has 0 bridgehead atoms. The maximum atomic E-state index is 13.2. The van der Waals surface area contributed by atoms with Gasteiger partial charge in [-0.15, -0.1) is 0 Å². The van der Waals surface area contributed by atoms with E-state index in [-0.39, 0.29) is 0 Å². The number of benzene rings is 1. The molecule has 1 heterocycles. The molecule has 0 fully saturated rings. The van der Waals surface area contributed by atoms with Crippen LogP contribution in [0.1, 0.15) is 18.4 Å². The molecule has 0 aromatic heterocycles. The molecular weight excluding hydrogens is 252 g/mol. The van der Waals surface area contributed by atoms with Gasteiger partial charge in [-0.05, 0) is 17.7 Å². The topological polar surface area (TPSA) is 12.0 Å². The number of rotatable bonds is 1. The number of nitrogens with one attached hydrogen (secondary N) is 1. The highest BCUT2D eigenvalue weighted by molar-refractivity contribution is 9.10. The monoisotopic (exact) mass is 261 g/mol. The summed E-state index contributed by atoms with van der Waals surface area (Å²) in [4.78, 5) is 0. The van der Waals surface area contributed by atoms with E-state index in [1.807, 2.05) is 6.07 Å². The molecule has 1 aromatic rings. The van der Waals surface area contributed by atoms with Crippen LogP contribution in [0.2, 0.25) is 0 Å². The van der Waals surface area contributed by atoms with E-state index in [2.05, 4.69) is 21.2 Å². The maximum absolute atomic E-state index is 13.2. The van der Waals surface area contributed by atoms with E-state index in [9.17, 15) is 8.78 Å². The van der Waals surface area contributed by atoms with E-state index in [1.165, 1.54) is 0 Å². The Morgan fingerprint density at radius 2 is 2.21 bits per heavy atom. The molecule has 2 rings (SSSR count). The zero-order chi connectivity index (χ0) is 10.3. The number of hydrogen-bond acceptors (Lipinski definition) is 1. The summed E-state index contributed by atoms with van der Waals surface area (Å²) in [5.41, 5.74) is 1.52. The minimum Gasteiger partial charge on any atom is -0.384 e. The number of halogens is 3. The second-order valence-electron chi connectivity index (χ2n) is 3.62. The Hall–Kier alpha value is -0.640. The van der Waals surface area contributed by atoms with Crippen molar-refractivity contribution in [2.45, 2.75) is 18.8 Å². The predicted molar refractivity (Wildman–Crippen MR) is 56.0 cm³/mol. The first-order chi connectivity index (χ1) is 6.48. The van der Waals surface area contributed by atoms with Crippen molar-refractivity contribution in [3.05, 3.63) is 28.2 Å². The molecular formula is C10H10BrF2N. The third-order valence-electron chi connectivity index (χ3n) is 2.50. The average Bonchev–Trinajstić information content (AvgIpc) is 2.45. The fourth-order valence-electron chi connectivity index (χ4n) is 1.76. The normalized spacial score (nSPS) is 20.4. The molecule has 0 saturated carbocycles. The second kappa shape index (κ2) is 3.19. The number of alkyl halides is 2. The van der Waals surface area contributed by atoms with Crippen LogP contribution in [-0.4, -0.2) is 12.5 Å². The van der Waals surface area contributed by atoms with Crippen LogP contribution in [-0.2, 0) is 0 Å². The Balaban J connectivity index is 2.41. The highest BCUT2D eigenvalue weighted by atomic mass is 79.9. The third kappa shape index (κ3) is 1.63. The molecule has 76 valence electrons. The minimum atomic E-state index is -2.66. The lowest BCUT2D eigenvalue weighted by atomic mass is 9.96. The lowest BCUT2D eigenvalue weighted by molar-refractivity contribution is -0.00185. The molecule has 1 N–H and O–H groups in total. The summed E-state index contributed by atoms with van der Waals surface area (Å²) < 4.78 is 27.2. The van der Waals surface area contributed by atoms with Crippen molar-refractivity contribution in [2.24, 2.45) is 0 Å². The van der Waals surface area contributed by atoms with Crippen LogP contribution in [0.25, 0.3) is 0 Å². The predicted octanol–water partition coefficient (Wildman–Crippen LogP) is 3.61. The van der Waals surface area contributed by atoms with Gasteiger partial charge in [0.25, 0.3) is 5.92 Å². The van der Waals surface area contributed by atoms with Crippen LogP contribution >= 0.6 is 15.9 Å². The van der Waals surface area contributed by atoms with E-state index in [0.717, 1.165) is 17.1 Å². The molecule has 1 atom stereocenters. The highest BCUT2D eigenvalue weighted by Gasteiger charge is 2.39. The van der Waals surface area contributed by atoms with Crippen molar-refractivity contribution in [1.82, 2.24) is 0 Å². The molecule has 14 heavy (non-hydrogen) atoms. The molecule has 0 amide bonds. The Morgan fingerprint density at radius 3 is 2.86 bits per heavy atom. The average molecular weight is 262 g/mol. The summed E-state index contributed by atoms with van der Waals surface area (Å²) in [6.45, 7) is 1.28. The lowest BCUT2D eigenvalue weighted by Crippen LogP contribution is -2.23. The molecule has 1 unspecified atom stereocenters. The van der Waals surface area contributed by atoms with E-state index in [1.54, 1.807) is 12.1 Å². The van der Waals surface area contributed by atoms with Crippen LogP contribution in [0.4, 0.5) is 14.5 Å². The minimum absolute atomic E-state index is 0.315. The Bertz CT molecular complexity index is 360. The van der Waals surface area contributed by atoms with Crippen LogP contribution in [0.5, 0.6) is 0 Å². The van der Waals surface area contributed by atoms with Gasteiger partial charge in [0.2, 0.25) is 0 Å². The van der Waals surface area contributed by atoms with Gasteiger partial charge in [0.05, 0.1) is 5.92 Å². The second-order valence-corrected chi connectivity index (χ2v) is 4.54. The largest absolute Gasteiger partial charge is 0.384 e. The van der Waals surface area contributed by atoms with Crippen molar-refractivity contribution >= 4 is 21.6 Å². The zero-order valence-electron chi connectivity index (χ0n) is 7.65. The Morgan fingerprint density at radius 1 is 1.50 bits per heavy atom. The summed E-state index contributed by atoms with van der Waals surface area (Å²) in [5.74, 6) is -3.36. The van der Waals surface area contributed by atoms with Crippen molar-refractivity contribution in [3.8, 4) is 0 Å². The smallest absolute Gasteiger partial charge is 0.253 e. The van der Waals surface area contributed by atoms with Crippen LogP contribution in [0, 0.1) is 0 Å². The van der Waals surface area contributed by atoms with Crippen molar-refractivity contribution in [3.63, 3.8) is 0 Å². The molecule has 0 aliphatic carbocycles. The van der Waals surface area contributed by atoms with Gasteiger partial charge in [-0.1, -0.05) is 22.0 Å².